The SMILES string of the molecule is O=C(CNS(=O)(=O)CCc1ccccc1F)c1ccc(F)cc1. The van der Waals surface area contributed by atoms with Gasteiger partial charge in [0.25, 0.3) is 0 Å². The van der Waals surface area contributed by atoms with Crippen molar-refractivity contribution >= 4 is 15.8 Å². The van der Waals surface area contributed by atoms with E-state index in [1.807, 2.05) is 0 Å². The molecule has 0 saturated heterocycles. The predicted octanol–water partition coefficient (Wildman–Crippen LogP) is 2.31. The fourth-order valence-corrected chi connectivity index (χ4v) is 2.91. The maximum Gasteiger partial charge on any atom is 0.212 e. The normalized spacial score (nSPS) is 11.4. The molecule has 2 rings (SSSR count). The third kappa shape index (κ3) is 5.22. The van der Waals surface area contributed by atoms with Crippen LogP contribution < -0.4 is 4.72 Å². The van der Waals surface area contributed by atoms with Crippen LogP contribution in [0.15, 0.2) is 48.5 Å². The predicted molar refractivity (Wildman–Crippen MR) is 82.6 cm³/mol. The van der Waals surface area contributed by atoms with Crippen LogP contribution >= 0.6 is 0 Å². The lowest BCUT2D eigenvalue weighted by Crippen LogP contribution is -2.32. The van der Waals surface area contributed by atoms with E-state index < -0.39 is 34.0 Å². The lowest BCUT2D eigenvalue weighted by Gasteiger charge is -2.07. The van der Waals surface area contributed by atoms with Crippen LogP contribution in [0.2, 0.25) is 0 Å². The van der Waals surface area contributed by atoms with Gasteiger partial charge in [0.1, 0.15) is 11.6 Å². The number of sulfonamides is 1. The minimum atomic E-state index is -3.72. The summed E-state index contributed by atoms with van der Waals surface area (Å²) in [5, 5.41) is 0. The molecule has 0 radical (unpaired) electrons. The fourth-order valence-electron chi connectivity index (χ4n) is 1.93. The van der Waals surface area contributed by atoms with Crippen LogP contribution in [-0.2, 0) is 16.4 Å². The molecule has 0 fully saturated rings. The van der Waals surface area contributed by atoms with E-state index in [2.05, 4.69) is 4.72 Å². The molecule has 0 spiro atoms. The topological polar surface area (TPSA) is 63.2 Å². The second-order valence-electron chi connectivity index (χ2n) is 4.91. The molecule has 0 bridgehead atoms. The third-order valence-electron chi connectivity index (χ3n) is 3.22. The largest absolute Gasteiger partial charge is 0.293 e. The highest BCUT2D eigenvalue weighted by molar-refractivity contribution is 7.89. The molecule has 2 aromatic carbocycles. The Morgan fingerprint density at radius 3 is 2.30 bits per heavy atom. The molecule has 23 heavy (non-hydrogen) atoms. The smallest absolute Gasteiger partial charge is 0.212 e. The molecule has 122 valence electrons. The first-order valence-electron chi connectivity index (χ1n) is 6.87. The second kappa shape index (κ2) is 7.43. The monoisotopic (exact) mass is 339 g/mol. The Labute approximate surface area is 133 Å². The van der Waals surface area contributed by atoms with E-state index in [9.17, 15) is 22.0 Å². The molecule has 0 aliphatic heterocycles. The fraction of sp³-hybridized carbons (Fsp3) is 0.188. The van der Waals surface area contributed by atoms with E-state index in [1.165, 1.54) is 30.3 Å². The molecule has 0 aromatic heterocycles. The average molecular weight is 339 g/mol. The van der Waals surface area contributed by atoms with Gasteiger partial charge in [-0.25, -0.2) is 21.9 Å². The Morgan fingerprint density at radius 1 is 1.00 bits per heavy atom. The van der Waals surface area contributed by atoms with Crippen molar-refractivity contribution in [2.75, 3.05) is 12.3 Å². The Balaban J connectivity index is 1.90. The molecule has 0 atom stereocenters. The van der Waals surface area contributed by atoms with Crippen molar-refractivity contribution in [2.24, 2.45) is 0 Å². The summed E-state index contributed by atoms with van der Waals surface area (Å²) in [4.78, 5) is 11.8. The summed E-state index contributed by atoms with van der Waals surface area (Å²) in [6, 6.07) is 10.7. The number of aryl methyl sites for hydroxylation is 1. The highest BCUT2D eigenvalue weighted by Crippen LogP contribution is 2.08. The molecule has 1 N–H and O–H groups in total. The lowest BCUT2D eigenvalue weighted by molar-refractivity contribution is 0.0997. The van der Waals surface area contributed by atoms with Crippen LogP contribution in [0.1, 0.15) is 15.9 Å². The van der Waals surface area contributed by atoms with Gasteiger partial charge in [0.2, 0.25) is 10.0 Å². The minimum Gasteiger partial charge on any atom is -0.293 e. The van der Waals surface area contributed by atoms with Gasteiger partial charge in [-0.3, -0.25) is 4.79 Å². The highest BCUT2D eigenvalue weighted by Gasteiger charge is 2.14. The number of Topliss-reactive ketones (excluding diaryl/α,β-unsaturated/α-hetero) is 1. The van der Waals surface area contributed by atoms with Gasteiger partial charge in [-0.2, -0.15) is 0 Å². The van der Waals surface area contributed by atoms with Crippen molar-refractivity contribution < 1.29 is 22.0 Å². The number of carbonyl (C=O) groups is 1. The summed E-state index contributed by atoms with van der Waals surface area (Å²) in [7, 11) is -3.72. The maximum absolute atomic E-state index is 13.4. The number of rotatable bonds is 7. The molecule has 2 aromatic rings. The highest BCUT2D eigenvalue weighted by atomic mass is 32.2. The number of carbonyl (C=O) groups excluding carboxylic acids is 1. The number of ketones is 1. The number of hydrogen-bond acceptors (Lipinski definition) is 3. The molecule has 0 aliphatic carbocycles. The van der Waals surface area contributed by atoms with Gasteiger partial charge in [0.15, 0.2) is 5.78 Å². The summed E-state index contributed by atoms with van der Waals surface area (Å²) < 4.78 is 52.1. The van der Waals surface area contributed by atoms with E-state index >= 15 is 0 Å². The van der Waals surface area contributed by atoms with Gasteiger partial charge < -0.3 is 0 Å². The van der Waals surface area contributed by atoms with Crippen LogP contribution in [0.5, 0.6) is 0 Å². The zero-order chi connectivity index (χ0) is 16.9. The lowest BCUT2D eigenvalue weighted by atomic mass is 10.1. The van der Waals surface area contributed by atoms with Crippen LogP contribution in [0.25, 0.3) is 0 Å². The molecule has 7 heteroatoms. The van der Waals surface area contributed by atoms with Gasteiger partial charge in [-0.15, -0.1) is 0 Å². The van der Waals surface area contributed by atoms with Crippen molar-refractivity contribution in [2.45, 2.75) is 6.42 Å². The van der Waals surface area contributed by atoms with Crippen LogP contribution in [0, 0.1) is 11.6 Å². The van der Waals surface area contributed by atoms with Gasteiger partial charge in [-0.05, 0) is 42.3 Å². The first-order chi connectivity index (χ1) is 10.9. The number of benzene rings is 2. The molecule has 0 aliphatic rings. The first-order valence-corrected chi connectivity index (χ1v) is 8.52. The minimum absolute atomic E-state index is 0.00669. The molecule has 4 nitrogen and oxygen atoms in total. The summed E-state index contributed by atoms with van der Waals surface area (Å²) >= 11 is 0. The zero-order valence-electron chi connectivity index (χ0n) is 12.1. The average Bonchev–Trinajstić information content (AvgIpc) is 2.53. The van der Waals surface area contributed by atoms with Crippen LogP contribution in [0.3, 0.4) is 0 Å². The van der Waals surface area contributed by atoms with Crippen molar-refractivity contribution in [1.29, 1.82) is 0 Å². The van der Waals surface area contributed by atoms with Crippen molar-refractivity contribution in [1.82, 2.24) is 4.72 Å². The van der Waals surface area contributed by atoms with Crippen LogP contribution in [0.4, 0.5) is 8.78 Å². The van der Waals surface area contributed by atoms with E-state index in [-0.39, 0.29) is 17.7 Å². The standard InChI is InChI=1S/C16H15F2NO3S/c17-14-7-5-13(6-8-14)16(20)11-19-23(21,22)10-9-12-3-1-2-4-15(12)18/h1-8,19H,9-11H2. The van der Waals surface area contributed by atoms with Gasteiger partial charge in [0, 0.05) is 5.56 Å². The molecular weight excluding hydrogens is 324 g/mol. The summed E-state index contributed by atoms with van der Waals surface area (Å²) in [5.41, 5.74) is 0.505. The maximum atomic E-state index is 13.4. The van der Waals surface area contributed by atoms with E-state index in [0.29, 0.717) is 5.56 Å². The quantitative estimate of drug-likeness (QED) is 0.788. The number of hydrogen-bond donors (Lipinski definition) is 1. The van der Waals surface area contributed by atoms with Crippen molar-refractivity contribution in [3.8, 4) is 0 Å². The summed E-state index contributed by atoms with van der Waals surface area (Å²) in [6.45, 7) is -0.425. The van der Waals surface area contributed by atoms with Gasteiger partial charge >= 0.3 is 0 Å². The van der Waals surface area contributed by atoms with Gasteiger partial charge in [-0.1, -0.05) is 18.2 Å². The first kappa shape index (κ1) is 17.2. The third-order valence-corrected chi connectivity index (χ3v) is 4.54. The van der Waals surface area contributed by atoms with Gasteiger partial charge in [0.05, 0.1) is 12.3 Å². The van der Waals surface area contributed by atoms with Crippen molar-refractivity contribution in [3.63, 3.8) is 0 Å². The Kier molecular flexibility index (Phi) is 5.57. The Hall–Kier alpha value is -2.12. The molecule has 0 unspecified atom stereocenters. The zero-order valence-corrected chi connectivity index (χ0v) is 12.9. The molecule has 0 saturated carbocycles. The summed E-state index contributed by atoms with van der Waals surface area (Å²) in [6.07, 6.45) is 0.00669. The molecular formula is C16H15F2NO3S. The molecule has 0 heterocycles. The number of halogens is 2. The summed E-state index contributed by atoms with van der Waals surface area (Å²) in [5.74, 6) is -1.75. The van der Waals surface area contributed by atoms with E-state index in [4.69, 9.17) is 0 Å². The van der Waals surface area contributed by atoms with E-state index in [1.54, 1.807) is 6.07 Å². The number of nitrogens with one attached hydrogen (secondary N) is 1. The Morgan fingerprint density at radius 2 is 1.65 bits per heavy atom. The van der Waals surface area contributed by atoms with Crippen LogP contribution in [-0.4, -0.2) is 26.5 Å². The van der Waals surface area contributed by atoms with E-state index in [0.717, 1.165) is 12.1 Å². The van der Waals surface area contributed by atoms with Crippen molar-refractivity contribution in [3.05, 3.63) is 71.3 Å². The Bertz CT molecular complexity index is 789. The second-order valence-corrected chi connectivity index (χ2v) is 6.84. The molecule has 0 amide bonds.